The zero-order valence-corrected chi connectivity index (χ0v) is 11.5. The Morgan fingerprint density at radius 3 is 2.55 bits per heavy atom. The van der Waals surface area contributed by atoms with Gasteiger partial charge in [-0.3, -0.25) is 9.59 Å². The average Bonchev–Trinajstić information content (AvgIpc) is 2.76. The van der Waals surface area contributed by atoms with Crippen molar-refractivity contribution in [3.8, 4) is 0 Å². The van der Waals surface area contributed by atoms with Gasteiger partial charge in [-0.1, -0.05) is 6.92 Å². The highest BCUT2D eigenvalue weighted by molar-refractivity contribution is 5.95. The Bertz CT molecular complexity index is 544. The van der Waals surface area contributed by atoms with E-state index in [-0.39, 0.29) is 17.6 Å². The van der Waals surface area contributed by atoms with E-state index >= 15 is 0 Å². The first-order valence-electron chi connectivity index (χ1n) is 6.68. The molecule has 1 aromatic carbocycles. The first-order valence-corrected chi connectivity index (χ1v) is 6.68. The molecule has 0 spiro atoms. The fraction of sp³-hybridized carbons (Fsp3) is 0.467. The van der Waals surface area contributed by atoms with Crippen LogP contribution in [0.1, 0.15) is 25.3 Å². The summed E-state index contributed by atoms with van der Waals surface area (Å²) in [5.74, 6) is -2.49. The second-order valence-corrected chi connectivity index (χ2v) is 5.58. The van der Waals surface area contributed by atoms with Gasteiger partial charge in [-0.25, -0.2) is 4.39 Å². The maximum Gasteiger partial charge on any atom is 0.307 e. The summed E-state index contributed by atoms with van der Waals surface area (Å²) in [7, 11) is 0. The zero-order valence-electron chi connectivity index (χ0n) is 11.5. The molecule has 4 nitrogen and oxygen atoms in total. The minimum absolute atomic E-state index is 0.224. The number of nitrogens with one attached hydrogen (secondary N) is 1. The molecule has 3 unspecified atom stereocenters. The number of hydrogen-bond acceptors (Lipinski definition) is 2. The Hall–Kier alpha value is -1.91. The van der Waals surface area contributed by atoms with Crippen LogP contribution in [0.3, 0.4) is 0 Å². The highest BCUT2D eigenvalue weighted by atomic mass is 19.1. The summed E-state index contributed by atoms with van der Waals surface area (Å²) in [5.41, 5.74) is 0.940. The van der Waals surface area contributed by atoms with Crippen molar-refractivity contribution in [2.45, 2.75) is 26.7 Å². The lowest BCUT2D eigenvalue weighted by molar-refractivity contribution is -0.145. The average molecular weight is 279 g/mol. The Kier molecular flexibility index (Phi) is 4.06. The third kappa shape index (κ3) is 2.98. The van der Waals surface area contributed by atoms with Crippen molar-refractivity contribution in [2.75, 3.05) is 5.32 Å². The summed E-state index contributed by atoms with van der Waals surface area (Å²) in [6, 6.07) is 4.31. The Morgan fingerprint density at radius 1 is 1.30 bits per heavy atom. The number of hydrogen-bond donors (Lipinski definition) is 2. The number of carboxylic acids is 1. The van der Waals surface area contributed by atoms with Crippen LogP contribution in [0, 0.1) is 30.5 Å². The lowest BCUT2D eigenvalue weighted by Gasteiger charge is -2.15. The van der Waals surface area contributed by atoms with E-state index in [0.717, 1.165) is 0 Å². The standard InChI is InChI=1S/C15H18FNO3/c1-8-5-11(12(6-8)15(19)20)14(18)17-10-3-4-13(16)9(2)7-10/h3-4,7-8,11-12H,5-6H2,1-2H3,(H,17,18)(H,19,20). The van der Waals surface area contributed by atoms with E-state index in [2.05, 4.69) is 5.32 Å². The maximum absolute atomic E-state index is 13.2. The predicted octanol–water partition coefficient (Wildman–Crippen LogP) is 2.82. The number of amides is 1. The van der Waals surface area contributed by atoms with Crippen molar-refractivity contribution in [1.82, 2.24) is 0 Å². The fourth-order valence-corrected chi connectivity index (χ4v) is 2.81. The van der Waals surface area contributed by atoms with Gasteiger partial charge in [-0.15, -0.1) is 0 Å². The van der Waals surface area contributed by atoms with Crippen LogP contribution < -0.4 is 5.32 Å². The molecule has 1 saturated carbocycles. The molecule has 0 heterocycles. The van der Waals surface area contributed by atoms with Gasteiger partial charge in [-0.2, -0.15) is 0 Å². The molecule has 1 aliphatic carbocycles. The third-order valence-electron chi connectivity index (χ3n) is 3.88. The lowest BCUT2D eigenvalue weighted by Crippen LogP contribution is -2.30. The third-order valence-corrected chi connectivity index (χ3v) is 3.88. The maximum atomic E-state index is 13.2. The number of benzene rings is 1. The summed E-state index contributed by atoms with van der Waals surface area (Å²) in [6.07, 6.45) is 1.10. The van der Waals surface area contributed by atoms with E-state index in [1.807, 2.05) is 6.92 Å². The number of aryl methyl sites for hydroxylation is 1. The molecule has 108 valence electrons. The summed E-state index contributed by atoms with van der Waals surface area (Å²) < 4.78 is 13.2. The van der Waals surface area contributed by atoms with Crippen LogP contribution in [0.15, 0.2) is 18.2 Å². The van der Waals surface area contributed by atoms with Gasteiger partial charge in [0.15, 0.2) is 0 Å². The molecule has 1 amide bonds. The van der Waals surface area contributed by atoms with Gasteiger partial charge in [0.05, 0.1) is 11.8 Å². The van der Waals surface area contributed by atoms with E-state index < -0.39 is 17.8 Å². The van der Waals surface area contributed by atoms with Crippen LogP contribution in [-0.2, 0) is 9.59 Å². The largest absolute Gasteiger partial charge is 0.481 e. The van der Waals surface area contributed by atoms with Crippen LogP contribution in [0.25, 0.3) is 0 Å². The van der Waals surface area contributed by atoms with E-state index in [1.165, 1.54) is 12.1 Å². The first kappa shape index (κ1) is 14.5. The summed E-state index contributed by atoms with van der Waals surface area (Å²) in [5, 5.41) is 11.9. The Labute approximate surface area is 117 Å². The van der Waals surface area contributed by atoms with Crippen molar-refractivity contribution >= 4 is 17.6 Å². The van der Waals surface area contributed by atoms with E-state index in [9.17, 15) is 14.0 Å². The number of carbonyl (C=O) groups is 2. The van der Waals surface area contributed by atoms with Crippen LogP contribution in [0.5, 0.6) is 0 Å². The van der Waals surface area contributed by atoms with E-state index in [1.54, 1.807) is 13.0 Å². The number of rotatable bonds is 3. The molecule has 1 aliphatic rings. The number of halogens is 1. The first-order chi connectivity index (χ1) is 9.38. The fourth-order valence-electron chi connectivity index (χ4n) is 2.81. The normalized spacial score (nSPS) is 25.4. The Balaban J connectivity index is 2.11. The minimum atomic E-state index is -0.926. The van der Waals surface area contributed by atoms with Gasteiger partial charge in [0.1, 0.15) is 5.82 Å². The minimum Gasteiger partial charge on any atom is -0.481 e. The van der Waals surface area contributed by atoms with Crippen molar-refractivity contribution in [3.63, 3.8) is 0 Å². The van der Waals surface area contributed by atoms with Gasteiger partial charge in [0.2, 0.25) is 5.91 Å². The monoisotopic (exact) mass is 279 g/mol. The van der Waals surface area contributed by atoms with Crippen molar-refractivity contribution in [2.24, 2.45) is 17.8 Å². The predicted molar refractivity (Wildman–Crippen MR) is 72.8 cm³/mol. The summed E-state index contributed by atoms with van der Waals surface area (Å²) >= 11 is 0. The van der Waals surface area contributed by atoms with Crippen LogP contribution in [0.4, 0.5) is 10.1 Å². The zero-order chi connectivity index (χ0) is 14.9. The van der Waals surface area contributed by atoms with Crippen LogP contribution >= 0.6 is 0 Å². The van der Waals surface area contributed by atoms with Crippen LogP contribution in [-0.4, -0.2) is 17.0 Å². The quantitative estimate of drug-likeness (QED) is 0.894. The van der Waals surface area contributed by atoms with Gasteiger partial charge in [0.25, 0.3) is 0 Å². The lowest BCUT2D eigenvalue weighted by atomic mass is 9.95. The molecule has 0 aromatic heterocycles. The molecule has 5 heteroatoms. The molecule has 0 bridgehead atoms. The van der Waals surface area contributed by atoms with Gasteiger partial charge < -0.3 is 10.4 Å². The smallest absolute Gasteiger partial charge is 0.307 e. The van der Waals surface area contributed by atoms with Gasteiger partial charge in [-0.05, 0) is 49.4 Å². The highest BCUT2D eigenvalue weighted by Gasteiger charge is 2.41. The molecule has 2 N–H and O–H groups in total. The molecular formula is C15H18FNO3. The van der Waals surface area contributed by atoms with E-state index in [4.69, 9.17) is 5.11 Å². The topological polar surface area (TPSA) is 66.4 Å². The molecule has 0 saturated heterocycles. The molecule has 2 rings (SSSR count). The number of aliphatic carboxylic acids is 1. The number of carbonyl (C=O) groups excluding carboxylic acids is 1. The Morgan fingerprint density at radius 2 is 1.95 bits per heavy atom. The summed E-state index contributed by atoms with van der Waals surface area (Å²) in [4.78, 5) is 23.4. The molecule has 1 aromatic rings. The number of anilines is 1. The molecule has 0 aliphatic heterocycles. The van der Waals surface area contributed by atoms with Crippen molar-refractivity contribution in [3.05, 3.63) is 29.6 Å². The van der Waals surface area contributed by atoms with Gasteiger partial charge >= 0.3 is 5.97 Å². The van der Waals surface area contributed by atoms with Crippen molar-refractivity contribution < 1.29 is 19.1 Å². The second-order valence-electron chi connectivity index (χ2n) is 5.58. The highest BCUT2D eigenvalue weighted by Crippen LogP contribution is 2.37. The van der Waals surface area contributed by atoms with E-state index in [0.29, 0.717) is 24.1 Å². The molecule has 0 radical (unpaired) electrons. The molecule has 3 atom stereocenters. The molecule has 1 fully saturated rings. The SMILES string of the molecule is Cc1cc(NC(=O)C2CC(C)CC2C(=O)O)ccc1F. The summed E-state index contributed by atoms with van der Waals surface area (Å²) in [6.45, 7) is 3.56. The van der Waals surface area contributed by atoms with Gasteiger partial charge in [0, 0.05) is 5.69 Å². The van der Waals surface area contributed by atoms with Crippen LogP contribution in [0.2, 0.25) is 0 Å². The molecular weight excluding hydrogens is 261 g/mol. The number of carboxylic acid groups (broad SMARTS) is 1. The van der Waals surface area contributed by atoms with Crippen molar-refractivity contribution in [1.29, 1.82) is 0 Å². The second kappa shape index (κ2) is 5.61. The molecule has 20 heavy (non-hydrogen) atoms.